The third-order valence-electron chi connectivity index (χ3n) is 1.46. The molecule has 3 nitrogen and oxygen atoms in total. The van der Waals surface area contributed by atoms with Gasteiger partial charge in [-0.15, -0.1) is 0 Å². The minimum Gasteiger partial charge on any atom is -0.392 e. The standard InChI is InChI=1S/C8H19NO2/c1-3-5-6-8(10)7-9-11-4-2/h8-10H,3-7H2,1-2H3. The molecule has 0 rings (SSSR count). The van der Waals surface area contributed by atoms with Gasteiger partial charge in [0.15, 0.2) is 0 Å². The molecule has 2 N–H and O–H groups in total. The van der Waals surface area contributed by atoms with Crippen LogP contribution in [0.4, 0.5) is 0 Å². The van der Waals surface area contributed by atoms with Crippen molar-refractivity contribution in [2.45, 2.75) is 39.2 Å². The van der Waals surface area contributed by atoms with Crippen LogP contribution < -0.4 is 5.48 Å². The molecule has 0 aromatic heterocycles. The molecular weight excluding hydrogens is 142 g/mol. The number of hydroxylamine groups is 1. The molecule has 0 aliphatic rings. The van der Waals surface area contributed by atoms with Crippen molar-refractivity contribution in [1.82, 2.24) is 5.48 Å². The molecule has 0 saturated heterocycles. The van der Waals surface area contributed by atoms with Crippen molar-refractivity contribution >= 4 is 0 Å². The third-order valence-corrected chi connectivity index (χ3v) is 1.46. The van der Waals surface area contributed by atoms with E-state index in [0.29, 0.717) is 13.2 Å². The van der Waals surface area contributed by atoms with Crippen molar-refractivity contribution in [2.24, 2.45) is 0 Å². The second-order valence-corrected chi connectivity index (χ2v) is 2.58. The van der Waals surface area contributed by atoms with Gasteiger partial charge in [0, 0.05) is 6.54 Å². The molecule has 0 aliphatic carbocycles. The highest BCUT2D eigenvalue weighted by Crippen LogP contribution is 1.98. The lowest BCUT2D eigenvalue weighted by Gasteiger charge is -2.09. The summed E-state index contributed by atoms with van der Waals surface area (Å²) < 4.78 is 0. The lowest BCUT2D eigenvalue weighted by Crippen LogP contribution is -2.26. The fourth-order valence-corrected chi connectivity index (χ4v) is 0.799. The van der Waals surface area contributed by atoms with E-state index in [0.717, 1.165) is 19.3 Å². The van der Waals surface area contributed by atoms with Crippen LogP contribution in [-0.2, 0) is 4.84 Å². The first-order valence-corrected chi connectivity index (χ1v) is 4.34. The average Bonchev–Trinajstić information content (AvgIpc) is 2.01. The summed E-state index contributed by atoms with van der Waals surface area (Å²) in [7, 11) is 0. The van der Waals surface area contributed by atoms with Crippen LogP contribution in [0.2, 0.25) is 0 Å². The van der Waals surface area contributed by atoms with Gasteiger partial charge in [-0.1, -0.05) is 19.8 Å². The predicted octanol–water partition coefficient (Wildman–Crippen LogP) is 1.08. The minimum atomic E-state index is -0.263. The maximum absolute atomic E-state index is 9.26. The van der Waals surface area contributed by atoms with Crippen LogP contribution in [0.5, 0.6) is 0 Å². The number of rotatable bonds is 7. The van der Waals surface area contributed by atoms with E-state index in [4.69, 9.17) is 4.84 Å². The second-order valence-electron chi connectivity index (χ2n) is 2.58. The molecule has 11 heavy (non-hydrogen) atoms. The van der Waals surface area contributed by atoms with E-state index in [2.05, 4.69) is 12.4 Å². The van der Waals surface area contributed by atoms with Gasteiger partial charge < -0.3 is 9.94 Å². The summed E-state index contributed by atoms with van der Waals surface area (Å²) in [6.45, 7) is 5.20. The van der Waals surface area contributed by atoms with Gasteiger partial charge in [0.1, 0.15) is 0 Å². The van der Waals surface area contributed by atoms with Crippen LogP contribution in [0.1, 0.15) is 33.1 Å². The van der Waals surface area contributed by atoms with E-state index < -0.39 is 0 Å². The van der Waals surface area contributed by atoms with Gasteiger partial charge in [-0.2, -0.15) is 5.48 Å². The summed E-state index contributed by atoms with van der Waals surface area (Å²) in [6, 6.07) is 0. The molecule has 1 unspecified atom stereocenters. The average molecular weight is 161 g/mol. The monoisotopic (exact) mass is 161 g/mol. The Bertz CT molecular complexity index is 78.5. The zero-order valence-corrected chi connectivity index (χ0v) is 7.47. The SMILES string of the molecule is CCCCC(O)CNOCC. The van der Waals surface area contributed by atoms with Gasteiger partial charge in [0.25, 0.3) is 0 Å². The van der Waals surface area contributed by atoms with Crippen LogP contribution in [0.15, 0.2) is 0 Å². The normalized spacial score (nSPS) is 13.4. The Hall–Kier alpha value is -0.120. The highest BCUT2D eigenvalue weighted by Gasteiger charge is 2.01. The topological polar surface area (TPSA) is 41.5 Å². The first kappa shape index (κ1) is 10.9. The van der Waals surface area contributed by atoms with Crippen molar-refractivity contribution in [1.29, 1.82) is 0 Å². The Morgan fingerprint density at radius 2 is 2.18 bits per heavy atom. The molecule has 0 radical (unpaired) electrons. The number of aliphatic hydroxyl groups excluding tert-OH is 1. The summed E-state index contributed by atoms with van der Waals surface area (Å²) >= 11 is 0. The molecule has 0 aliphatic heterocycles. The summed E-state index contributed by atoms with van der Waals surface area (Å²) in [5.41, 5.74) is 2.69. The molecule has 0 fully saturated rings. The summed E-state index contributed by atoms with van der Waals surface area (Å²) in [6.07, 6.45) is 2.80. The van der Waals surface area contributed by atoms with E-state index in [-0.39, 0.29) is 6.10 Å². The van der Waals surface area contributed by atoms with Gasteiger partial charge in [0.2, 0.25) is 0 Å². The Morgan fingerprint density at radius 3 is 2.73 bits per heavy atom. The fourth-order valence-electron chi connectivity index (χ4n) is 0.799. The fraction of sp³-hybridized carbons (Fsp3) is 1.00. The van der Waals surface area contributed by atoms with E-state index in [1.54, 1.807) is 0 Å². The van der Waals surface area contributed by atoms with E-state index in [9.17, 15) is 5.11 Å². The number of hydrogen-bond acceptors (Lipinski definition) is 3. The number of hydrogen-bond donors (Lipinski definition) is 2. The zero-order valence-electron chi connectivity index (χ0n) is 7.47. The molecule has 3 heteroatoms. The lowest BCUT2D eigenvalue weighted by atomic mass is 10.2. The minimum absolute atomic E-state index is 0.263. The van der Waals surface area contributed by atoms with Crippen molar-refractivity contribution < 1.29 is 9.94 Å². The smallest absolute Gasteiger partial charge is 0.0687 e. The molecule has 0 bridgehead atoms. The lowest BCUT2D eigenvalue weighted by molar-refractivity contribution is 0.0191. The van der Waals surface area contributed by atoms with Crippen molar-refractivity contribution in [3.8, 4) is 0 Å². The van der Waals surface area contributed by atoms with E-state index >= 15 is 0 Å². The van der Waals surface area contributed by atoms with E-state index in [1.807, 2.05) is 6.92 Å². The second kappa shape index (κ2) is 7.98. The van der Waals surface area contributed by atoms with Crippen molar-refractivity contribution in [3.05, 3.63) is 0 Å². The summed E-state index contributed by atoms with van der Waals surface area (Å²) in [5.74, 6) is 0. The van der Waals surface area contributed by atoms with Gasteiger partial charge in [-0.25, -0.2) is 0 Å². The highest BCUT2D eigenvalue weighted by molar-refractivity contribution is 4.54. The third kappa shape index (κ3) is 7.78. The Balaban J connectivity index is 3.02. The molecular formula is C8H19NO2. The molecule has 0 heterocycles. The number of unbranched alkanes of at least 4 members (excludes halogenated alkanes) is 1. The van der Waals surface area contributed by atoms with Gasteiger partial charge >= 0.3 is 0 Å². The van der Waals surface area contributed by atoms with E-state index in [1.165, 1.54) is 0 Å². The molecule has 0 amide bonds. The molecule has 0 spiro atoms. The predicted molar refractivity (Wildman–Crippen MR) is 45.2 cm³/mol. The molecule has 0 saturated carbocycles. The van der Waals surface area contributed by atoms with Gasteiger partial charge in [-0.3, -0.25) is 0 Å². The molecule has 68 valence electrons. The van der Waals surface area contributed by atoms with Crippen LogP contribution in [-0.4, -0.2) is 24.4 Å². The number of nitrogens with one attached hydrogen (secondary N) is 1. The maximum atomic E-state index is 9.26. The van der Waals surface area contributed by atoms with Crippen LogP contribution in [0, 0.1) is 0 Å². The Kier molecular flexibility index (Phi) is 7.89. The summed E-state index contributed by atoms with van der Waals surface area (Å²) in [5, 5.41) is 9.26. The Labute approximate surface area is 68.7 Å². The molecule has 0 aromatic rings. The zero-order chi connectivity index (χ0) is 8.53. The first-order chi connectivity index (χ1) is 5.31. The van der Waals surface area contributed by atoms with Crippen LogP contribution in [0.3, 0.4) is 0 Å². The van der Waals surface area contributed by atoms with Crippen molar-refractivity contribution in [2.75, 3.05) is 13.2 Å². The van der Waals surface area contributed by atoms with Crippen molar-refractivity contribution in [3.63, 3.8) is 0 Å². The summed E-state index contributed by atoms with van der Waals surface area (Å²) in [4.78, 5) is 4.87. The van der Waals surface area contributed by atoms with Crippen LogP contribution >= 0.6 is 0 Å². The quantitative estimate of drug-likeness (QED) is 0.433. The molecule has 0 aromatic carbocycles. The highest BCUT2D eigenvalue weighted by atomic mass is 16.6. The van der Waals surface area contributed by atoms with Gasteiger partial charge in [0.05, 0.1) is 12.7 Å². The molecule has 1 atom stereocenters. The maximum Gasteiger partial charge on any atom is 0.0687 e. The largest absolute Gasteiger partial charge is 0.392 e. The Morgan fingerprint density at radius 1 is 1.45 bits per heavy atom. The number of aliphatic hydroxyl groups is 1. The first-order valence-electron chi connectivity index (χ1n) is 4.34. The van der Waals surface area contributed by atoms with Crippen LogP contribution in [0.25, 0.3) is 0 Å². The van der Waals surface area contributed by atoms with Gasteiger partial charge in [-0.05, 0) is 13.3 Å².